The summed E-state index contributed by atoms with van der Waals surface area (Å²) in [6.45, 7) is 7.04. The number of carbonyl (C=O) groups excluding carboxylic acids is 2. The van der Waals surface area contributed by atoms with Crippen LogP contribution < -0.4 is 20.1 Å². The van der Waals surface area contributed by atoms with Gasteiger partial charge >= 0.3 is 5.97 Å². The molecule has 270 valence electrons. The molecule has 10 heteroatoms. The Balaban J connectivity index is 1.36. The molecule has 1 aromatic heterocycles. The summed E-state index contributed by atoms with van der Waals surface area (Å²) in [6.07, 6.45) is 11.8. The van der Waals surface area contributed by atoms with E-state index in [1.165, 1.54) is 32.6 Å². The minimum absolute atomic E-state index is 0.0525. The Bertz CT molecular complexity index is 1660. The van der Waals surface area contributed by atoms with E-state index in [1.54, 1.807) is 12.4 Å². The fourth-order valence-electron chi connectivity index (χ4n) is 5.34. The Morgan fingerprint density at radius 3 is 1.82 bits per heavy atom. The van der Waals surface area contributed by atoms with E-state index in [4.69, 9.17) is 9.47 Å². The van der Waals surface area contributed by atoms with Crippen molar-refractivity contribution >= 4 is 17.8 Å². The lowest BCUT2D eigenvalue weighted by Crippen LogP contribution is -2.52. The van der Waals surface area contributed by atoms with Crippen molar-refractivity contribution in [2.75, 3.05) is 13.2 Å². The number of unbranched alkanes of at least 4 members (excludes halogenated alkanes) is 5. The quantitative estimate of drug-likeness (QED) is 0.0779. The first-order valence-electron chi connectivity index (χ1n) is 17.9. The van der Waals surface area contributed by atoms with E-state index in [0.29, 0.717) is 12.4 Å². The predicted octanol–water partition coefficient (Wildman–Crippen LogP) is 7.20. The molecule has 0 aliphatic carbocycles. The number of carboxylic acid groups (broad SMARTS) is 1. The third-order valence-corrected chi connectivity index (χ3v) is 8.44. The molecule has 0 saturated carbocycles. The van der Waals surface area contributed by atoms with Crippen LogP contribution in [0.5, 0.6) is 11.5 Å². The van der Waals surface area contributed by atoms with Gasteiger partial charge in [0.15, 0.2) is 5.82 Å². The van der Waals surface area contributed by atoms with Crippen LogP contribution in [0.1, 0.15) is 76.8 Å². The van der Waals surface area contributed by atoms with E-state index < -0.39 is 24.0 Å². The van der Waals surface area contributed by atoms with Gasteiger partial charge in [-0.15, -0.1) is 0 Å². The number of rotatable bonds is 21. The van der Waals surface area contributed by atoms with Crippen molar-refractivity contribution in [1.29, 1.82) is 0 Å². The zero-order valence-electron chi connectivity index (χ0n) is 29.9. The molecule has 0 spiro atoms. The van der Waals surface area contributed by atoms with E-state index in [-0.39, 0.29) is 18.7 Å². The van der Waals surface area contributed by atoms with Crippen molar-refractivity contribution in [3.05, 3.63) is 96.3 Å². The third-order valence-electron chi connectivity index (χ3n) is 8.44. The van der Waals surface area contributed by atoms with Crippen LogP contribution in [0.4, 0.5) is 0 Å². The van der Waals surface area contributed by atoms with Gasteiger partial charge in [0, 0.05) is 29.9 Å². The lowest BCUT2D eigenvalue weighted by Gasteiger charge is -2.20. The van der Waals surface area contributed by atoms with Crippen molar-refractivity contribution in [3.63, 3.8) is 0 Å². The molecule has 2 amide bonds. The van der Waals surface area contributed by atoms with Crippen molar-refractivity contribution in [3.8, 4) is 34.0 Å². The molecule has 10 nitrogen and oxygen atoms in total. The first-order valence-corrected chi connectivity index (χ1v) is 17.9. The van der Waals surface area contributed by atoms with Crippen molar-refractivity contribution in [2.24, 2.45) is 0 Å². The van der Waals surface area contributed by atoms with E-state index in [9.17, 15) is 19.5 Å². The number of aromatic nitrogens is 2. The summed E-state index contributed by atoms with van der Waals surface area (Å²) in [5.41, 5.74) is 4.20. The predicted molar refractivity (Wildman–Crippen MR) is 199 cm³/mol. The fraction of sp³-hybridized carbons (Fsp3) is 0.390. The van der Waals surface area contributed by atoms with Crippen LogP contribution >= 0.6 is 0 Å². The monoisotopic (exact) mass is 694 g/mol. The zero-order chi connectivity index (χ0) is 36.4. The Morgan fingerprint density at radius 2 is 1.22 bits per heavy atom. The first-order chi connectivity index (χ1) is 24.7. The third kappa shape index (κ3) is 12.9. The lowest BCUT2D eigenvalue weighted by atomic mass is 10.0. The van der Waals surface area contributed by atoms with Gasteiger partial charge in [0.05, 0.1) is 19.6 Å². The average molecular weight is 695 g/mol. The van der Waals surface area contributed by atoms with Gasteiger partial charge in [-0.25, -0.2) is 9.97 Å². The maximum Gasteiger partial charge on any atom is 0.325 e. The molecule has 0 fully saturated rings. The van der Waals surface area contributed by atoms with Gasteiger partial charge in [-0.2, -0.15) is 0 Å². The SMILES string of the molecule is CCCCCCCOc1ccc(-c2cnc(-c3ccc(CC(NC(=O)Cc4ccc(OCCCC)cc4)C(=O)NC(C)C(=O)O)cc3)nc2)cc1. The Kier molecular flexibility index (Phi) is 15.4. The molecule has 0 bridgehead atoms. The Hall–Kier alpha value is -5.25. The minimum atomic E-state index is -1.17. The molecule has 4 rings (SSSR count). The Labute approximate surface area is 301 Å². The topological polar surface area (TPSA) is 140 Å². The number of hydrogen-bond acceptors (Lipinski definition) is 7. The van der Waals surface area contributed by atoms with Gasteiger partial charge in [0.25, 0.3) is 0 Å². The highest BCUT2D eigenvalue weighted by Crippen LogP contribution is 2.24. The van der Waals surface area contributed by atoms with Crippen molar-refractivity contribution < 1.29 is 29.0 Å². The number of ether oxygens (including phenoxy) is 2. The normalized spacial score (nSPS) is 12.1. The molecule has 0 aliphatic heterocycles. The second-order valence-electron chi connectivity index (χ2n) is 12.7. The van der Waals surface area contributed by atoms with E-state index in [2.05, 4.69) is 34.4 Å². The van der Waals surface area contributed by atoms with E-state index in [1.807, 2.05) is 72.8 Å². The lowest BCUT2D eigenvalue weighted by molar-refractivity contribution is -0.141. The van der Waals surface area contributed by atoms with Crippen LogP contribution in [0, 0.1) is 0 Å². The number of carbonyl (C=O) groups is 3. The molecular weight excluding hydrogens is 644 g/mol. The van der Waals surface area contributed by atoms with Gasteiger partial charge in [0.2, 0.25) is 11.8 Å². The van der Waals surface area contributed by atoms with Gasteiger partial charge in [-0.3, -0.25) is 14.4 Å². The molecule has 0 saturated heterocycles. The zero-order valence-corrected chi connectivity index (χ0v) is 29.9. The van der Waals surface area contributed by atoms with Crippen LogP contribution in [0.15, 0.2) is 85.2 Å². The minimum Gasteiger partial charge on any atom is -0.494 e. The molecule has 0 radical (unpaired) electrons. The number of aliphatic carboxylic acids is 1. The van der Waals surface area contributed by atoms with Crippen LogP contribution in [-0.2, 0) is 27.2 Å². The van der Waals surface area contributed by atoms with Gasteiger partial charge in [0.1, 0.15) is 23.6 Å². The van der Waals surface area contributed by atoms with Crippen LogP contribution in [0.25, 0.3) is 22.5 Å². The summed E-state index contributed by atoms with van der Waals surface area (Å²) < 4.78 is 11.6. The summed E-state index contributed by atoms with van der Waals surface area (Å²) >= 11 is 0. The maximum absolute atomic E-state index is 13.1. The number of benzene rings is 3. The van der Waals surface area contributed by atoms with Gasteiger partial charge < -0.3 is 25.2 Å². The number of amides is 2. The van der Waals surface area contributed by atoms with Crippen LogP contribution in [0.2, 0.25) is 0 Å². The van der Waals surface area contributed by atoms with E-state index >= 15 is 0 Å². The summed E-state index contributed by atoms with van der Waals surface area (Å²) in [6, 6.07) is 20.5. The molecule has 4 aromatic rings. The maximum atomic E-state index is 13.1. The highest BCUT2D eigenvalue weighted by Gasteiger charge is 2.25. The molecule has 3 aromatic carbocycles. The largest absolute Gasteiger partial charge is 0.494 e. The molecule has 2 atom stereocenters. The van der Waals surface area contributed by atoms with Crippen LogP contribution in [-0.4, -0.2) is 58.2 Å². The number of carboxylic acids is 1. The first kappa shape index (κ1) is 38.6. The fourth-order valence-corrected chi connectivity index (χ4v) is 5.34. The molecular formula is C41H50N4O6. The highest BCUT2D eigenvalue weighted by molar-refractivity contribution is 5.91. The summed E-state index contributed by atoms with van der Waals surface area (Å²) in [4.78, 5) is 46.7. The number of nitrogens with one attached hydrogen (secondary N) is 2. The summed E-state index contributed by atoms with van der Waals surface area (Å²) in [5.74, 6) is 0.0238. The summed E-state index contributed by atoms with van der Waals surface area (Å²) in [7, 11) is 0. The number of nitrogens with zero attached hydrogens (tertiary/aromatic N) is 2. The molecule has 1 heterocycles. The molecule has 3 N–H and O–H groups in total. The smallest absolute Gasteiger partial charge is 0.325 e. The molecule has 51 heavy (non-hydrogen) atoms. The molecule has 0 aliphatic rings. The highest BCUT2D eigenvalue weighted by atomic mass is 16.5. The van der Waals surface area contributed by atoms with Gasteiger partial charge in [-0.05, 0) is 60.7 Å². The van der Waals surface area contributed by atoms with Crippen molar-refractivity contribution in [1.82, 2.24) is 20.6 Å². The second kappa shape index (κ2) is 20.4. The van der Waals surface area contributed by atoms with Crippen LogP contribution in [0.3, 0.4) is 0 Å². The van der Waals surface area contributed by atoms with Gasteiger partial charge in [-0.1, -0.05) is 94.5 Å². The number of hydrogen-bond donors (Lipinski definition) is 3. The Morgan fingerprint density at radius 1 is 0.667 bits per heavy atom. The average Bonchev–Trinajstić information content (AvgIpc) is 3.14. The second-order valence-corrected chi connectivity index (χ2v) is 12.7. The summed E-state index contributed by atoms with van der Waals surface area (Å²) in [5, 5.41) is 14.6. The standard InChI is InChI=1S/C41H50N4O6/c1-4-6-8-9-10-24-51-36-21-17-32(18-22-36)34-27-42-39(43-28-34)33-15-11-30(12-16-33)25-37(40(47)44-29(3)41(48)49)45-38(46)26-31-13-19-35(20-14-31)50-23-7-5-2/h11-22,27-29,37H,4-10,23-26H2,1-3H3,(H,44,47)(H,45,46)(H,48,49). The van der Waals surface area contributed by atoms with Crippen molar-refractivity contribution in [2.45, 2.75) is 90.6 Å². The molecule has 2 unspecified atom stereocenters. The van der Waals surface area contributed by atoms with E-state index in [0.717, 1.165) is 65.2 Å².